The molecule has 24 nitrogen and oxygen atoms in total. The maximum atomic E-state index is 15.4. The number of aromatic hydroxyl groups is 4. The van der Waals surface area contributed by atoms with Crippen LogP contribution in [-0.4, -0.2) is 110 Å². The molecule has 5 aromatic carbocycles. The maximum Gasteiger partial charge on any atom is 0.333 e. The van der Waals surface area contributed by atoms with Gasteiger partial charge in [0.25, 0.3) is 0 Å². The molecule has 418 valence electrons. The zero-order valence-corrected chi connectivity index (χ0v) is 44.2. The molecule has 0 fully saturated rings. The minimum absolute atomic E-state index is 0.0129. The van der Waals surface area contributed by atoms with Crippen LogP contribution in [0.15, 0.2) is 78.9 Å². The molecule has 0 saturated heterocycles. The highest BCUT2D eigenvalue weighted by Crippen LogP contribution is 2.48. The number of nitrogens with zero attached hydrogens (tertiary/aromatic N) is 1. The zero-order chi connectivity index (χ0) is 58.0. The van der Waals surface area contributed by atoms with Crippen molar-refractivity contribution >= 4 is 64.6 Å². The minimum Gasteiger partial charge on any atom is -0.508 e. The summed E-state index contributed by atoms with van der Waals surface area (Å²) >= 11 is 13.5. The van der Waals surface area contributed by atoms with Crippen LogP contribution in [0.5, 0.6) is 46.0 Å². The molecule has 11 bridgehead atoms. The van der Waals surface area contributed by atoms with Gasteiger partial charge >= 0.3 is 5.97 Å². The summed E-state index contributed by atoms with van der Waals surface area (Å²) in [7, 11) is 2.48. The van der Waals surface area contributed by atoms with E-state index >= 15 is 9.59 Å². The number of halogens is 2. The Kier molecular flexibility index (Phi) is 16.9. The van der Waals surface area contributed by atoms with Crippen LogP contribution in [0.4, 0.5) is 0 Å². The standard InChI is InChI=1S/C54H52Cl2N8O16/c1-21(2)13-32(58-3)49(72)63-43-45(68)23-6-9-35(29(55)15-23)79-37-17-25-18-38(47(37)70)80-36-10-7-24(16-30(36)56)46(69)44-53(76)62-42(54(77)78-4)28-19-26(65)20-34(67)39(28)27-14-22(5-8-33(27)66)40(50(73)64-44)61-51(74)41(25)60-48(71)31(11-12-57)59-52(43)75/h5-10,14-21,31-32,40-46,58,65-70H,11,13H2,1-4H3,(H,59,75)(H,60,71)(H,61,74)(H,62,76)(H,63,72)(H,64,73)/t31-,32+,40+,41+,42-,43+,44-,45+,46+/m0/s1. The van der Waals surface area contributed by atoms with Crippen LogP contribution in [0.2, 0.25) is 10.0 Å². The average Bonchev–Trinajstić information content (AvgIpc) is 3.53. The number of hydrogen-bond acceptors (Lipinski definition) is 18. The van der Waals surface area contributed by atoms with Gasteiger partial charge in [-0.25, -0.2) is 4.79 Å². The van der Waals surface area contributed by atoms with Gasteiger partial charge in [0, 0.05) is 22.8 Å². The average molecular weight is 1140 g/mol. The molecule has 5 aromatic rings. The van der Waals surface area contributed by atoms with Crippen molar-refractivity contribution in [2.45, 2.75) is 81.2 Å². The molecule has 0 saturated carbocycles. The number of aliphatic hydroxyl groups is 2. The zero-order valence-electron chi connectivity index (χ0n) is 42.7. The lowest BCUT2D eigenvalue weighted by Crippen LogP contribution is -2.58. The van der Waals surface area contributed by atoms with Gasteiger partial charge in [-0.3, -0.25) is 28.8 Å². The largest absolute Gasteiger partial charge is 0.508 e. The van der Waals surface area contributed by atoms with Crippen LogP contribution < -0.4 is 46.7 Å². The Bertz CT molecular complexity index is 3390. The first-order valence-corrected chi connectivity index (χ1v) is 25.3. The fourth-order valence-corrected chi connectivity index (χ4v) is 9.80. The molecule has 5 heterocycles. The highest BCUT2D eigenvalue weighted by atomic mass is 35.5. The van der Waals surface area contributed by atoms with Gasteiger partial charge in [0.15, 0.2) is 17.5 Å². The van der Waals surface area contributed by atoms with E-state index in [1.54, 1.807) is 6.07 Å². The molecule has 0 aliphatic carbocycles. The molecular weight excluding hydrogens is 1090 g/mol. The van der Waals surface area contributed by atoms with Gasteiger partial charge in [-0.2, -0.15) is 5.26 Å². The number of benzene rings is 5. The van der Waals surface area contributed by atoms with E-state index in [4.69, 9.17) is 37.4 Å². The number of methoxy groups -OCH3 is 1. The third-order valence-electron chi connectivity index (χ3n) is 13.4. The van der Waals surface area contributed by atoms with Gasteiger partial charge in [0.2, 0.25) is 41.2 Å². The van der Waals surface area contributed by atoms with Crippen molar-refractivity contribution in [2.24, 2.45) is 5.92 Å². The van der Waals surface area contributed by atoms with Crippen LogP contribution in [0, 0.1) is 17.2 Å². The predicted molar refractivity (Wildman–Crippen MR) is 281 cm³/mol. The van der Waals surface area contributed by atoms with Gasteiger partial charge in [0.1, 0.15) is 71.2 Å². The SMILES string of the molecule is CN[C@H](CC(C)C)C(=O)N[C@H]1C(=O)N[C@@H](CC#N)C(=O)N[C@H]2C(=O)N[C@H]3C(=O)N[C@H](C(=O)N[C@H](C(=O)OC)c4cc(O)cc(O)c4-c4cc3ccc4O)[C@H](O)c3ccc(c(Cl)c3)Oc3cc2cc(c3O)Oc2ccc(cc2Cl)[C@H]1O. The summed E-state index contributed by atoms with van der Waals surface area (Å²) < 4.78 is 17.3. The summed E-state index contributed by atoms with van der Waals surface area (Å²) in [6.45, 7) is 3.71. The summed E-state index contributed by atoms with van der Waals surface area (Å²) in [5.41, 5.74) is -1.79. The van der Waals surface area contributed by atoms with Crippen molar-refractivity contribution in [3.8, 4) is 63.2 Å². The van der Waals surface area contributed by atoms with Gasteiger partial charge in [-0.05, 0) is 96.2 Å². The van der Waals surface area contributed by atoms with Crippen LogP contribution in [0.3, 0.4) is 0 Å². The number of ether oxygens (including phenoxy) is 3. The number of carbonyl (C=O) groups excluding carboxylic acids is 7. The summed E-state index contributed by atoms with van der Waals surface area (Å²) in [5, 5.41) is 96.6. The number of esters is 1. The van der Waals surface area contributed by atoms with E-state index < -0.39 is 137 Å². The molecule has 26 heteroatoms. The second kappa shape index (κ2) is 23.6. The Labute approximate surface area is 464 Å². The van der Waals surface area contributed by atoms with Gasteiger partial charge < -0.3 is 82.1 Å². The first kappa shape index (κ1) is 57.3. The Morgan fingerprint density at radius 2 is 1.27 bits per heavy atom. The first-order valence-electron chi connectivity index (χ1n) is 24.5. The normalized spacial score (nSPS) is 22.3. The first-order chi connectivity index (χ1) is 38.0. The Balaban J connectivity index is 1.36. The summed E-state index contributed by atoms with van der Waals surface area (Å²) in [4.78, 5) is 101. The molecule has 5 aliphatic rings. The third-order valence-corrected chi connectivity index (χ3v) is 14.0. The Morgan fingerprint density at radius 3 is 1.86 bits per heavy atom. The number of nitriles is 1. The summed E-state index contributed by atoms with van der Waals surface area (Å²) in [5.74, 6) is -12.4. The third kappa shape index (κ3) is 11.8. The van der Waals surface area contributed by atoms with Crippen molar-refractivity contribution in [1.82, 2.24) is 37.2 Å². The number of nitrogens with one attached hydrogen (secondary N) is 7. The number of phenolic OH excluding ortho intramolecular Hbond substituents is 4. The molecule has 0 spiro atoms. The van der Waals surface area contributed by atoms with E-state index in [1.165, 1.54) is 37.4 Å². The molecular formula is C54H52Cl2N8O16. The number of amides is 6. The number of likely N-dealkylation sites (N-methyl/N-ethyl adjacent to an activating group) is 1. The molecule has 0 unspecified atom stereocenters. The second-order valence-corrected chi connectivity index (χ2v) is 20.1. The van der Waals surface area contributed by atoms with Crippen molar-refractivity contribution < 1.29 is 78.4 Å². The van der Waals surface area contributed by atoms with Crippen molar-refractivity contribution in [3.63, 3.8) is 0 Å². The van der Waals surface area contributed by atoms with Gasteiger partial charge in [-0.15, -0.1) is 0 Å². The molecule has 0 aromatic heterocycles. The minimum atomic E-state index is -2.11. The van der Waals surface area contributed by atoms with Crippen molar-refractivity contribution in [1.29, 1.82) is 5.26 Å². The lowest BCUT2D eigenvalue weighted by molar-refractivity contribution is -0.146. The second-order valence-electron chi connectivity index (χ2n) is 19.3. The van der Waals surface area contributed by atoms with Gasteiger partial charge in [0.05, 0.1) is 35.7 Å². The fraction of sp³-hybridized carbons (Fsp3) is 0.296. The number of fused-ring (bicyclic) bond motifs is 15. The lowest BCUT2D eigenvalue weighted by Gasteiger charge is -2.31. The molecule has 9 atom stereocenters. The maximum absolute atomic E-state index is 15.4. The topological polar surface area (TPSA) is 377 Å². The van der Waals surface area contributed by atoms with Crippen molar-refractivity contribution in [3.05, 3.63) is 117 Å². The highest BCUT2D eigenvalue weighted by Gasteiger charge is 2.41. The van der Waals surface area contributed by atoms with E-state index in [-0.39, 0.29) is 66.4 Å². The van der Waals surface area contributed by atoms with Gasteiger partial charge in [-0.1, -0.05) is 55.2 Å². The monoisotopic (exact) mass is 1140 g/mol. The quantitative estimate of drug-likeness (QED) is 0.104. The van der Waals surface area contributed by atoms with E-state index in [0.29, 0.717) is 6.42 Å². The van der Waals surface area contributed by atoms with Crippen LogP contribution in [-0.2, 0) is 38.3 Å². The van der Waals surface area contributed by atoms with E-state index in [2.05, 4.69) is 37.2 Å². The molecule has 5 aliphatic heterocycles. The Morgan fingerprint density at radius 1 is 0.688 bits per heavy atom. The predicted octanol–water partition coefficient (Wildman–Crippen LogP) is 3.52. The molecule has 80 heavy (non-hydrogen) atoms. The number of rotatable bonds is 7. The smallest absolute Gasteiger partial charge is 0.333 e. The number of aliphatic hydroxyl groups excluding tert-OH is 2. The molecule has 10 rings (SSSR count). The van der Waals surface area contributed by atoms with Crippen LogP contribution in [0.1, 0.15) is 84.8 Å². The Hall–Kier alpha value is -8.86. The van der Waals surface area contributed by atoms with Crippen molar-refractivity contribution in [2.75, 3.05) is 14.2 Å². The molecule has 6 amide bonds. The highest BCUT2D eigenvalue weighted by molar-refractivity contribution is 6.32. The van der Waals surface area contributed by atoms with E-state index in [9.17, 15) is 59.9 Å². The van der Waals surface area contributed by atoms with E-state index in [1.807, 2.05) is 13.8 Å². The number of carbonyl (C=O) groups is 7. The molecule has 13 N–H and O–H groups in total. The lowest BCUT2D eigenvalue weighted by atomic mass is 9.89. The number of phenols is 4. The fourth-order valence-electron chi connectivity index (χ4n) is 9.34. The summed E-state index contributed by atoms with van der Waals surface area (Å²) in [6.07, 6.45) is -4.46. The van der Waals surface area contributed by atoms with Crippen LogP contribution >= 0.6 is 23.2 Å². The molecule has 0 radical (unpaired) electrons. The van der Waals surface area contributed by atoms with E-state index in [0.717, 1.165) is 55.6 Å². The number of hydrogen-bond donors (Lipinski definition) is 13. The summed E-state index contributed by atoms with van der Waals surface area (Å²) in [6, 6.07) is 3.63. The van der Waals surface area contributed by atoms with Crippen LogP contribution in [0.25, 0.3) is 11.1 Å².